The Balaban J connectivity index is 1.94. The summed E-state index contributed by atoms with van der Waals surface area (Å²) in [6.07, 6.45) is 0. The van der Waals surface area contributed by atoms with E-state index in [1.807, 2.05) is 12.1 Å². The van der Waals surface area contributed by atoms with E-state index in [-0.39, 0.29) is 5.82 Å². The molecule has 19 heavy (non-hydrogen) atoms. The van der Waals surface area contributed by atoms with Crippen LogP contribution in [-0.4, -0.2) is 12.1 Å². The molecule has 2 aromatic rings. The minimum absolute atomic E-state index is 0.237. The van der Waals surface area contributed by atoms with E-state index in [2.05, 4.69) is 26.2 Å². The molecule has 0 radical (unpaired) electrons. The number of aromatic nitrogens is 1. The molecule has 1 heterocycles. The van der Waals surface area contributed by atoms with Gasteiger partial charge in [0.25, 0.3) is 0 Å². The number of halogens is 2. The Morgan fingerprint density at radius 2 is 2.11 bits per heavy atom. The lowest BCUT2D eigenvalue weighted by Crippen LogP contribution is -2.14. The van der Waals surface area contributed by atoms with Crippen molar-refractivity contribution in [3.63, 3.8) is 0 Å². The largest absolute Gasteiger partial charge is 0.481 e. The molecule has 0 spiro atoms. The summed E-state index contributed by atoms with van der Waals surface area (Å²) < 4.78 is 19.1. The van der Waals surface area contributed by atoms with Crippen molar-refractivity contribution < 1.29 is 9.13 Å². The van der Waals surface area contributed by atoms with E-state index < -0.39 is 0 Å². The van der Waals surface area contributed by atoms with Crippen LogP contribution >= 0.6 is 15.9 Å². The van der Waals surface area contributed by atoms with Gasteiger partial charge in [0, 0.05) is 23.6 Å². The number of benzene rings is 1. The zero-order valence-electron chi connectivity index (χ0n) is 10.5. The van der Waals surface area contributed by atoms with Crippen molar-refractivity contribution in [2.75, 3.05) is 7.11 Å². The topological polar surface area (TPSA) is 34.1 Å². The van der Waals surface area contributed by atoms with Gasteiger partial charge in [0.05, 0.1) is 12.8 Å². The third-order valence-electron chi connectivity index (χ3n) is 2.62. The predicted molar refractivity (Wildman–Crippen MR) is 75.4 cm³/mol. The Morgan fingerprint density at radius 1 is 1.26 bits per heavy atom. The minimum Gasteiger partial charge on any atom is -0.481 e. The van der Waals surface area contributed by atoms with Crippen LogP contribution in [0.5, 0.6) is 5.88 Å². The number of nitrogens with zero attached hydrogens (tertiary/aromatic N) is 1. The number of hydrogen-bond acceptors (Lipinski definition) is 3. The second-order valence-electron chi connectivity index (χ2n) is 4.01. The summed E-state index contributed by atoms with van der Waals surface area (Å²) in [5.41, 5.74) is 1.76. The van der Waals surface area contributed by atoms with Crippen molar-refractivity contribution in [1.29, 1.82) is 0 Å². The third kappa shape index (κ3) is 4.01. The van der Waals surface area contributed by atoms with Gasteiger partial charge in [0.15, 0.2) is 0 Å². The van der Waals surface area contributed by atoms with E-state index in [1.165, 1.54) is 12.1 Å². The van der Waals surface area contributed by atoms with Gasteiger partial charge in [0.2, 0.25) is 5.88 Å². The Morgan fingerprint density at radius 3 is 2.89 bits per heavy atom. The van der Waals surface area contributed by atoms with Crippen molar-refractivity contribution in [3.8, 4) is 5.88 Å². The molecule has 0 saturated carbocycles. The molecule has 0 fully saturated rings. The molecule has 1 N–H and O–H groups in total. The Bertz CT molecular complexity index is 563. The molecule has 0 saturated heterocycles. The zero-order valence-corrected chi connectivity index (χ0v) is 12.1. The maximum atomic E-state index is 13.1. The summed E-state index contributed by atoms with van der Waals surface area (Å²) in [6, 6.07) is 10.2. The van der Waals surface area contributed by atoms with E-state index in [4.69, 9.17) is 4.74 Å². The second-order valence-corrected chi connectivity index (χ2v) is 4.86. The van der Waals surface area contributed by atoms with Crippen molar-refractivity contribution in [2.24, 2.45) is 0 Å². The highest BCUT2D eigenvalue weighted by Crippen LogP contribution is 2.17. The van der Waals surface area contributed by atoms with Crippen LogP contribution in [0.25, 0.3) is 0 Å². The molecule has 100 valence electrons. The summed E-state index contributed by atoms with van der Waals surface area (Å²) in [6.45, 7) is 1.16. The third-order valence-corrected chi connectivity index (χ3v) is 3.39. The van der Waals surface area contributed by atoms with Gasteiger partial charge in [-0.25, -0.2) is 9.37 Å². The minimum atomic E-state index is -0.237. The number of ether oxygens (including phenoxy) is 1. The molecule has 3 nitrogen and oxygen atoms in total. The number of rotatable bonds is 5. The van der Waals surface area contributed by atoms with Crippen LogP contribution in [0.4, 0.5) is 4.39 Å². The number of pyridine rings is 1. The molecule has 0 atom stereocenters. The van der Waals surface area contributed by atoms with Crippen LogP contribution in [0.3, 0.4) is 0 Å². The summed E-state index contributed by atoms with van der Waals surface area (Å²) in [5.74, 6) is 0.353. The van der Waals surface area contributed by atoms with Crippen molar-refractivity contribution in [1.82, 2.24) is 10.3 Å². The van der Waals surface area contributed by atoms with Gasteiger partial charge in [-0.05, 0) is 29.8 Å². The van der Waals surface area contributed by atoms with Crippen LogP contribution in [0, 0.1) is 5.82 Å². The number of nitrogens with one attached hydrogen (secondary N) is 1. The monoisotopic (exact) mass is 324 g/mol. The lowest BCUT2D eigenvalue weighted by Gasteiger charge is -2.07. The Hall–Kier alpha value is -1.46. The smallest absolute Gasteiger partial charge is 0.213 e. The Kier molecular flexibility index (Phi) is 4.87. The van der Waals surface area contributed by atoms with Gasteiger partial charge in [-0.1, -0.05) is 22.0 Å². The van der Waals surface area contributed by atoms with Gasteiger partial charge in [-0.3, -0.25) is 0 Å². The molecule has 0 aliphatic rings. The Labute approximate surface area is 119 Å². The summed E-state index contributed by atoms with van der Waals surface area (Å²) in [5, 5.41) is 3.22. The van der Waals surface area contributed by atoms with Crippen molar-refractivity contribution in [2.45, 2.75) is 13.1 Å². The fourth-order valence-corrected chi connectivity index (χ4v) is 2.06. The molecule has 0 unspecified atom stereocenters. The number of methoxy groups -OCH3 is 1. The van der Waals surface area contributed by atoms with Gasteiger partial charge in [-0.2, -0.15) is 0 Å². The molecular weight excluding hydrogens is 311 g/mol. The average Bonchev–Trinajstić information content (AvgIpc) is 2.43. The molecular formula is C14H14BrFN2O. The second kappa shape index (κ2) is 6.63. The highest BCUT2D eigenvalue weighted by Gasteiger charge is 2.02. The summed E-state index contributed by atoms with van der Waals surface area (Å²) in [4.78, 5) is 4.29. The molecule has 5 heteroatoms. The molecule has 0 amide bonds. The molecule has 0 bridgehead atoms. The van der Waals surface area contributed by atoms with Gasteiger partial charge in [0.1, 0.15) is 5.82 Å². The fraction of sp³-hybridized carbons (Fsp3) is 0.214. The zero-order chi connectivity index (χ0) is 13.7. The van der Waals surface area contributed by atoms with Gasteiger partial charge >= 0.3 is 0 Å². The van der Waals surface area contributed by atoms with E-state index in [0.29, 0.717) is 19.0 Å². The quantitative estimate of drug-likeness (QED) is 0.916. The first-order valence-electron chi connectivity index (χ1n) is 5.83. The molecule has 1 aromatic carbocycles. The van der Waals surface area contributed by atoms with E-state index in [0.717, 1.165) is 15.7 Å². The van der Waals surface area contributed by atoms with Gasteiger partial charge < -0.3 is 10.1 Å². The summed E-state index contributed by atoms with van der Waals surface area (Å²) in [7, 11) is 1.59. The van der Waals surface area contributed by atoms with Crippen LogP contribution in [-0.2, 0) is 13.1 Å². The first kappa shape index (κ1) is 14.0. The highest BCUT2D eigenvalue weighted by atomic mass is 79.9. The van der Waals surface area contributed by atoms with E-state index in [1.54, 1.807) is 19.2 Å². The first-order chi connectivity index (χ1) is 9.19. The molecule has 0 aliphatic heterocycles. The molecule has 0 aliphatic carbocycles. The predicted octanol–water partition coefficient (Wildman–Crippen LogP) is 3.28. The average molecular weight is 325 g/mol. The maximum Gasteiger partial charge on any atom is 0.213 e. The van der Waals surface area contributed by atoms with Gasteiger partial charge in [-0.15, -0.1) is 0 Å². The molecule has 2 rings (SSSR count). The first-order valence-corrected chi connectivity index (χ1v) is 6.63. The van der Waals surface area contributed by atoms with Crippen LogP contribution in [0.2, 0.25) is 0 Å². The lowest BCUT2D eigenvalue weighted by atomic mass is 10.2. The van der Waals surface area contributed by atoms with E-state index >= 15 is 0 Å². The van der Waals surface area contributed by atoms with Crippen LogP contribution < -0.4 is 10.1 Å². The summed E-state index contributed by atoms with van der Waals surface area (Å²) >= 11 is 3.40. The fourth-order valence-electron chi connectivity index (χ4n) is 1.67. The standard InChI is InChI=1S/C14H14BrFN2O/c1-19-14-4-2-3-12(18-14)9-17-8-10-7-11(16)5-6-13(10)15/h2-7,17H,8-9H2,1H3. The van der Waals surface area contributed by atoms with Crippen LogP contribution in [0.15, 0.2) is 40.9 Å². The van der Waals surface area contributed by atoms with E-state index in [9.17, 15) is 4.39 Å². The number of hydrogen-bond donors (Lipinski definition) is 1. The normalized spacial score (nSPS) is 10.5. The lowest BCUT2D eigenvalue weighted by molar-refractivity contribution is 0.395. The van der Waals surface area contributed by atoms with Crippen molar-refractivity contribution in [3.05, 3.63) is 57.9 Å². The highest BCUT2D eigenvalue weighted by molar-refractivity contribution is 9.10. The SMILES string of the molecule is COc1cccc(CNCc2cc(F)ccc2Br)n1. The van der Waals surface area contributed by atoms with Crippen molar-refractivity contribution >= 4 is 15.9 Å². The molecule has 1 aromatic heterocycles. The maximum absolute atomic E-state index is 13.1. The van der Waals surface area contributed by atoms with Crippen LogP contribution in [0.1, 0.15) is 11.3 Å².